The lowest BCUT2D eigenvalue weighted by molar-refractivity contribution is -0.186. The van der Waals surface area contributed by atoms with Crippen LogP contribution >= 0.6 is 0 Å². The minimum atomic E-state index is -4.16. The molecule has 0 aliphatic heterocycles. The van der Waals surface area contributed by atoms with Crippen molar-refractivity contribution in [1.82, 2.24) is 0 Å². The van der Waals surface area contributed by atoms with Crippen LogP contribution in [-0.2, 0) is 4.79 Å². The van der Waals surface area contributed by atoms with Gasteiger partial charge in [0.05, 0.1) is 5.92 Å². The van der Waals surface area contributed by atoms with Gasteiger partial charge in [-0.1, -0.05) is 6.42 Å². The van der Waals surface area contributed by atoms with E-state index >= 15 is 0 Å². The van der Waals surface area contributed by atoms with Crippen LogP contribution in [0.25, 0.3) is 0 Å². The number of aliphatic carboxylic acids is 1. The molecule has 82 valence electrons. The molecule has 0 unspecified atom stereocenters. The van der Waals surface area contributed by atoms with Crippen LogP contribution in [0, 0.1) is 11.8 Å². The van der Waals surface area contributed by atoms with Crippen molar-refractivity contribution in [1.29, 1.82) is 0 Å². The number of hydrogen-bond donors (Lipinski definition) is 1. The molecule has 1 saturated carbocycles. The molecule has 0 bridgehead atoms. The Labute approximate surface area is 80.1 Å². The fourth-order valence-electron chi connectivity index (χ4n) is 2.02. The molecule has 0 aromatic heterocycles. The minimum absolute atomic E-state index is 0.0181. The molecule has 2 nitrogen and oxygen atoms in total. The van der Waals surface area contributed by atoms with E-state index in [1.54, 1.807) is 0 Å². The molecule has 5 heteroatoms. The largest absolute Gasteiger partial charge is 0.481 e. The Balaban J connectivity index is 2.48. The maximum Gasteiger partial charge on any atom is 0.391 e. The van der Waals surface area contributed by atoms with Gasteiger partial charge in [-0.2, -0.15) is 13.2 Å². The van der Waals surface area contributed by atoms with Crippen LogP contribution in [0.2, 0.25) is 0 Å². The Morgan fingerprint density at radius 2 is 2.00 bits per heavy atom. The first-order chi connectivity index (χ1) is 6.39. The number of alkyl halides is 3. The normalized spacial score (nSPS) is 28.8. The maximum absolute atomic E-state index is 12.3. The fraction of sp³-hybridized carbons (Fsp3) is 0.889. The van der Waals surface area contributed by atoms with Gasteiger partial charge >= 0.3 is 12.1 Å². The molecular formula is C9H13F3O2. The number of halogens is 3. The van der Waals surface area contributed by atoms with Crippen molar-refractivity contribution in [2.24, 2.45) is 11.8 Å². The molecule has 0 heterocycles. The van der Waals surface area contributed by atoms with Gasteiger partial charge in [0.25, 0.3) is 0 Å². The lowest BCUT2D eigenvalue weighted by Crippen LogP contribution is -2.29. The van der Waals surface area contributed by atoms with Crippen molar-refractivity contribution >= 4 is 5.97 Å². The zero-order valence-electron chi connectivity index (χ0n) is 7.68. The van der Waals surface area contributed by atoms with Crippen LogP contribution in [0.15, 0.2) is 0 Å². The third kappa shape index (κ3) is 3.20. The van der Waals surface area contributed by atoms with E-state index in [0.29, 0.717) is 12.8 Å². The van der Waals surface area contributed by atoms with Gasteiger partial charge in [-0.3, -0.25) is 4.79 Å². The molecule has 1 N–H and O–H groups in total. The van der Waals surface area contributed by atoms with Gasteiger partial charge in [-0.15, -0.1) is 0 Å². The van der Waals surface area contributed by atoms with E-state index in [4.69, 9.17) is 5.11 Å². The van der Waals surface area contributed by atoms with Crippen LogP contribution in [0.4, 0.5) is 13.2 Å². The Morgan fingerprint density at radius 3 is 2.50 bits per heavy atom. The minimum Gasteiger partial charge on any atom is -0.481 e. The Bertz CT molecular complexity index is 213. The van der Waals surface area contributed by atoms with Crippen LogP contribution in [0.3, 0.4) is 0 Å². The van der Waals surface area contributed by atoms with Crippen molar-refractivity contribution in [3.63, 3.8) is 0 Å². The van der Waals surface area contributed by atoms with Crippen molar-refractivity contribution in [3.8, 4) is 0 Å². The summed E-state index contributed by atoms with van der Waals surface area (Å²) in [7, 11) is 0. The molecule has 0 aromatic rings. The molecule has 0 spiro atoms. The van der Waals surface area contributed by atoms with Gasteiger partial charge in [0.1, 0.15) is 0 Å². The summed E-state index contributed by atoms with van der Waals surface area (Å²) in [5, 5.41) is 8.47. The molecule has 1 rings (SSSR count). The van der Waals surface area contributed by atoms with Gasteiger partial charge in [0, 0.05) is 6.42 Å². The predicted molar refractivity (Wildman–Crippen MR) is 43.8 cm³/mol. The van der Waals surface area contributed by atoms with Crippen LogP contribution in [-0.4, -0.2) is 17.3 Å². The van der Waals surface area contributed by atoms with Gasteiger partial charge in [-0.25, -0.2) is 0 Å². The van der Waals surface area contributed by atoms with E-state index in [1.165, 1.54) is 0 Å². The third-order valence-corrected chi connectivity index (χ3v) is 2.71. The molecule has 1 aliphatic rings. The zero-order valence-corrected chi connectivity index (χ0v) is 7.68. The van der Waals surface area contributed by atoms with Crippen molar-refractivity contribution < 1.29 is 23.1 Å². The SMILES string of the molecule is O=C(O)C[C@@H]1CCC[C@@H](C(F)(F)F)C1. The fourth-order valence-corrected chi connectivity index (χ4v) is 2.02. The maximum atomic E-state index is 12.3. The topological polar surface area (TPSA) is 37.3 Å². The number of carboxylic acid groups (broad SMARTS) is 1. The lowest BCUT2D eigenvalue weighted by Gasteiger charge is -2.29. The van der Waals surface area contributed by atoms with E-state index in [0.717, 1.165) is 0 Å². The van der Waals surface area contributed by atoms with Crippen LogP contribution < -0.4 is 0 Å². The summed E-state index contributed by atoms with van der Waals surface area (Å²) in [5.41, 5.74) is 0. The summed E-state index contributed by atoms with van der Waals surface area (Å²) >= 11 is 0. The van der Waals surface area contributed by atoms with E-state index < -0.39 is 18.1 Å². The molecule has 14 heavy (non-hydrogen) atoms. The predicted octanol–water partition coefficient (Wildman–Crippen LogP) is 2.83. The van der Waals surface area contributed by atoms with Crippen LogP contribution in [0.1, 0.15) is 32.1 Å². The first kappa shape index (κ1) is 11.3. The number of carbonyl (C=O) groups is 1. The smallest absolute Gasteiger partial charge is 0.391 e. The summed E-state index contributed by atoms with van der Waals surface area (Å²) in [5.74, 6) is -2.59. The first-order valence-corrected chi connectivity index (χ1v) is 4.68. The van der Waals surface area contributed by atoms with Crippen molar-refractivity contribution in [2.45, 2.75) is 38.3 Å². The standard InChI is InChI=1S/C9H13F3O2/c10-9(11,12)7-3-1-2-6(4-7)5-8(13)14/h6-7H,1-5H2,(H,13,14)/t6-,7-/m1/s1. The summed E-state index contributed by atoms with van der Waals surface area (Å²) in [4.78, 5) is 10.3. The summed E-state index contributed by atoms with van der Waals surface area (Å²) in [6, 6.07) is 0. The highest BCUT2D eigenvalue weighted by Gasteiger charge is 2.42. The monoisotopic (exact) mass is 210 g/mol. The molecule has 0 saturated heterocycles. The second-order valence-electron chi connectivity index (χ2n) is 3.87. The molecule has 1 aliphatic carbocycles. The molecule has 2 atom stereocenters. The van der Waals surface area contributed by atoms with Gasteiger partial charge < -0.3 is 5.11 Å². The molecule has 0 aromatic carbocycles. The highest BCUT2D eigenvalue weighted by Crippen LogP contribution is 2.40. The Kier molecular flexibility index (Phi) is 3.39. The van der Waals surface area contributed by atoms with Gasteiger partial charge in [0.2, 0.25) is 0 Å². The lowest BCUT2D eigenvalue weighted by atomic mass is 9.79. The highest BCUT2D eigenvalue weighted by molar-refractivity contribution is 5.67. The second-order valence-corrected chi connectivity index (χ2v) is 3.87. The molecule has 0 radical (unpaired) electrons. The van der Waals surface area contributed by atoms with E-state index in [1.807, 2.05) is 0 Å². The zero-order chi connectivity index (χ0) is 10.8. The molecule has 1 fully saturated rings. The van der Waals surface area contributed by atoms with Crippen LogP contribution in [0.5, 0.6) is 0 Å². The van der Waals surface area contributed by atoms with Gasteiger partial charge in [-0.05, 0) is 25.2 Å². The van der Waals surface area contributed by atoms with Gasteiger partial charge in [0.15, 0.2) is 0 Å². The van der Waals surface area contributed by atoms with E-state index in [9.17, 15) is 18.0 Å². The average molecular weight is 210 g/mol. The quantitative estimate of drug-likeness (QED) is 0.760. The highest BCUT2D eigenvalue weighted by atomic mass is 19.4. The van der Waals surface area contributed by atoms with Crippen molar-refractivity contribution in [2.75, 3.05) is 0 Å². The number of hydrogen-bond acceptors (Lipinski definition) is 1. The first-order valence-electron chi connectivity index (χ1n) is 4.68. The average Bonchev–Trinajstić information content (AvgIpc) is 2.01. The molecular weight excluding hydrogens is 197 g/mol. The summed E-state index contributed by atoms with van der Waals surface area (Å²) < 4.78 is 36.9. The van der Waals surface area contributed by atoms with E-state index in [2.05, 4.69) is 0 Å². The number of rotatable bonds is 2. The summed E-state index contributed by atoms with van der Waals surface area (Å²) in [6.07, 6.45) is -3.06. The molecule has 0 amide bonds. The number of carboxylic acids is 1. The summed E-state index contributed by atoms with van der Waals surface area (Å²) in [6.45, 7) is 0. The Morgan fingerprint density at radius 1 is 1.36 bits per heavy atom. The second kappa shape index (κ2) is 4.19. The van der Waals surface area contributed by atoms with Crippen molar-refractivity contribution in [3.05, 3.63) is 0 Å². The Hall–Kier alpha value is -0.740. The third-order valence-electron chi connectivity index (χ3n) is 2.71. The van der Waals surface area contributed by atoms with E-state index in [-0.39, 0.29) is 25.2 Å².